The lowest BCUT2D eigenvalue weighted by molar-refractivity contribution is -0.174. The Morgan fingerprint density at radius 3 is 2.70 bits per heavy atom. The van der Waals surface area contributed by atoms with E-state index < -0.39 is 66.0 Å². The van der Waals surface area contributed by atoms with Gasteiger partial charge in [-0.25, -0.2) is 9.59 Å². The second-order valence-corrected chi connectivity index (χ2v) is 11.8. The van der Waals surface area contributed by atoms with Crippen molar-refractivity contribution in [1.82, 2.24) is 4.98 Å². The Balaban J connectivity index is 1.57. The van der Waals surface area contributed by atoms with Crippen molar-refractivity contribution >= 4 is 11.9 Å². The highest BCUT2D eigenvalue weighted by molar-refractivity contribution is 5.87. The average molecular weight is 564 g/mol. The van der Waals surface area contributed by atoms with Crippen molar-refractivity contribution in [2.45, 2.75) is 75.3 Å². The number of aromatic amines is 1. The van der Waals surface area contributed by atoms with Crippen LogP contribution in [-0.4, -0.2) is 102 Å². The van der Waals surface area contributed by atoms with E-state index in [2.05, 4.69) is 4.98 Å². The lowest BCUT2D eigenvalue weighted by Crippen LogP contribution is -2.59. The van der Waals surface area contributed by atoms with Crippen LogP contribution in [-0.2, 0) is 28.5 Å². The molecule has 1 spiro atoms. The molecule has 4 aliphatic rings. The summed E-state index contributed by atoms with van der Waals surface area (Å²) >= 11 is 0. The van der Waals surface area contributed by atoms with E-state index in [0.29, 0.717) is 18.5 Å². The number of methoxy groups -OCH3 is 2. The second-order valence-electron chi connectivity index (χ2n) is 11.8. The molecule has 11 nitrogen and oxygen atoms in total. The van der Waals surface area contributed by atoms with Gasteiger partial charge in [-0.15, -0.1) is 0 Å². The molecule has 0 unspecified atom stereocenters. The first-order chi connectivity index (χ1) is 19.1. The molecule has 4 bridgehead atoms. The third-order valence-electron chi connectivity index (χ3n) is 9.53. The lowest BCUT2D eigenvalue weighted by Gasteiger charge is -2.51. The van der Waals surface area contributed by atoms with Gasteiger partial charge in [0.1, 0.15) is 24.0 Å². The minimum Gasteiger partial charge on any atom is -0.457 e. The van der Waals surface area contributed by atoms with Crippen LogP contribution in [0.5, 0.6) is 0 Å². The van der Waals surface area contributed by atoms with Crippen LogP contribution in [0.3, 0.4) is 0 Å². The van der Waals surface area contributed by atoms with Crippen molar-refractivity contribution in [3.8, 4) is 0 Å². The fraction of sp³-hybridized carbons (Fsp3) is 0.724. The van der Waals surface area contributed by atoms with Gasteiger partial charge in [0, 0.05) is 38.2 Å². The van der Waals surface area contributed by atoms with E-state index >= 15 is 0 Å². The van der Waals surface area contributed by atoms with Crippen LogP contribution in [0.25, 0.3) is 0 Å². The van der Waals surface area contributed by atoms with Crippen molar-refractivity contribution in [2.24, 2.45) is 29.6 Å². The summed E-state index contributed by atoms with van der Waals surface area (Å²) in [4.78, 5) is 28.9. The summed E-state index contributed by atoms with van der Waals surface area (Å²) in [5, 5.41) is 33.6. The van der Waals surface area contributed by atoms with E-state index in [-0.39, 0.29) is 37.4 Å². The summed E-state index contributed by atoms with van der Waals surface area (Å²) in [5.41, 5.74) is 0.111. The Morgan fingerprint density at radius 1 is 1.25 bits per heavy atom. The minimum atomic E-state index is -1.44. The number of cyclic esters (lactones) is 1. The lowest BCUT2D eigenvalue weighted by atomic mass is 9.54. The number of ether oxygens (including phenoxy) is 5. The molecule has 2 aliphatic heterocycles. The maximum Gasteiger partial charge on any atom is 0.355 e. The van der Waals surface area contributed by atoms with Crippen LogP contribution in [0.4, 0.5) is 0 Å². The van der Waals surface area contributed by atoms with Crippen molar-refractivity contribution in [3.63, 3.8) is 0 Å². The molecular weight excluding hydrogens is 522 g/mol. The molecule has 222 valence electrons. The summed E-state index contributed by atoms with van der Waals surface area (Å²) < 4.78 is 29.2. The van der Waals surface area contributed by atoms with Gasteiger partial charge in [-0.05, 0) is 55.7 Å². The van der Waals surface area contributed by atoms with Crippen LogP contribution in [0, 0.1) is 29.6 Å². The zero-order valence-corrected chi connectivity index (χ0v) is 23.4. The van der Waals surface area contributed by atoms with E-state index in [9.17, 15) is 24.9 Å². The number of rotatable bonds is 7. The van der Waals surface area contributed by atoms with E-state index in [4.69, 9.17) is 23.7 Å². The van der Waals surface area contributed by atoms with Crippen LogP contribution in [0.1, 0.15) is 43.6 Å². The molecule has 11 heteroatoms. The number of hydrogen-bond donors (Lipinski definition) is 4. The van der Waals surface area contributed by atoms with Gasteiger partial charge < -0.3 is 44.0 Å². The Morgan fingerprint density at radius 2 is 2.02 bits per heavy atom. The molecular formula is C29H41NO10. The molecule has 3 heterocycles. The molecule has 40 heavy (non-hydrogen) atoms. The number of H-pyrrole nitrogens is 1. The van der Waals surface area contributed by atoms with Gasteiger partial charge in [0.2, 0.25) is 0 Å². The summed E-state index contributed by atoms with van der Waals surface area (Å²) in [6, 6.07) is 3.34. The molecule has 5 rings (SSSR count). The Labute approximate surface area is 233 Å². The molecule has 0 amide bonds. The van der Waals surface area contributed by atoms with Crippen molar-refractivity contribution in [2.75, 3.05) is 27.4 Å². The molecule has 1 aromatic heterocycles. The number of esters is 2. The van der Waals surface area contributed by atoms with Crippen molar-refractivity contribution in [1.29, 1.82) is 0 Å². The van der Waals surface area contributed by atoms with Gasteiger partial charge in [0.15, 0.2) is 6.10 Å². The average Bonchev–Trinajstić information content (AvgIpc) is 3.52. The highest BCUT2D eigenvalue weighted by atomic mass is 16.6. The molecule has 3 fully saturated rings. The summed E-state index contributed by atoms with van der Waals surface area (Å²) in [6.45, 7) is 3.87. The Bertz CT molecular complexity index is 1090. The standard InChI is InChI=1S/C29H41NO10/c1-14-10-15(2)29-16(11-20(31)28(35)38-24(14)21(32)13-37-4)7-8-17-22(29)23(33)18(12-36-3)25(26(17)40-29)39-27(34)19-6-5-9-30-19/h5-6,9-10,14,16-18,20-26,30-33H,7-8,11-13H2,1-4H3/t14-,16-,17-,18-,20+,21-,22+,23-,24+,25-,26-,29-/m1/s1. The minimum absolute atomic E-state index is 0.0480. The maximum absolute atomic E-state index is 13.0. The predicted molar refractivity (Wildman–Crippen MR) is 140 cm³/mol. The van der Waals surface area contributed by atoms with E-state index in [1.165, 1.54) is 7.11 Å². The van der Waals surface area contributed by atoms with E-state index in [1.54, 1.807) is 25.4 Å². The van der Waals surface area contributed by atoms with Gasteiger partial charge in [-0.3, -0.25) is 0 Å². The fourth-order valence-corrected chi connectivity index (χ4v) is 7.91. The number of carbonyl (C=O) groups is 2. The van der Waals surface area contributed by atoms with Gasteiger partial charge in [0.25, 0.3) is 0 Å². The number of carbonyl (C=O) groups excluding carboxylic acids is 2. The predicted octanol–water partition coefficient (Wildman–Crippen LogP) is 1.22. The third kappa shape index (κ3) is 4.80. The van der Waals surface area contributed by atoms with Crippen LogP contribution in [0.15, 0.2) is 30.0 Å². The zero-order chi connectivity index (χ0) is 28.8. The SMILES string of the molecule is COC[C@@H]1[C@@H](O)[C@@H]2[C@H]3CC[C@@H]4C[C@H](O)C(=O)O[C@H]([C@H](O)COC)[C@H](C)C=C(C)[C@@]42O[C@H]3[C@@H]1OC(=O)c1ccc[nH]1. The Kier molecular flexibility index (Phi) is 8.43. The monoisotopic (exact) mass is 563 g/mol. The quantitative estimate of drug-likeness (QED) is 0.281. The van der Waals surface area contributed by atoms with Crippen LogP contribution in [0.2, 0.25) is 0 Å². The summed E-state index contributed by atoms with van der Waals surface area (Å²) in [6.07, 6.45) is -0.756. The number of hydrogen-bond acceptors (Lipinski definition) is 10. The van der Waals surface area contributed by atoms with Crippen molar-refractivity contribution < 1.29 is 48.6 Å². The second kappa shape index (κ2) is 11.5. The smallest absolute Gasteiger partial charge is 0.355 e. The number of aliphatic hydroxyl groups excluding tert-OH is 3. The van der Waals surface area contributed by atoms with Gasteiger partial charge in [-0.2, -0.15) is 0 Å². The van der Waals surface area contributed by atoms with Crippen LogP contribution < -0.4 is 0 Å². The normalized spacial score (nSPS) is 41.9. The first-order valence-electron chi connectivity index (χ1n) is 14.1. The third-order valence-corrected chi connectivity index (χ3v) is 9.53. The topological polar surface area (TPSA) is 157 Å². The fourth-order valence-electron chi connectivity index (χ4n) is 7.91. The largest absolute Gasteiger partial charge is 0.457 e. The molecule has 1 saturated heterocycles. The molecule has 0 aromatic carbocycles. The highest BCUT2D eigenvalue weighted by Crippen LogP contribution is 2.63. The van der Waals surface area contributed by atoms with Gasteiger partial charge >= 0.3 is 11.9 Å². The van der Waals surface area contributed by atoms with Gasteiger partial charge in [0.05, 0.1) is 31.0 Å². The molecule has 0 radical (unpaired) electrons. The Hall–Kier alpha value is -2.28. The molecule has 4 N–H and O–H groups in total. The number of nitrogens with one attached hydrogen (secondary N) is 1. The van der Waals surface area contributed by atoms with Gasteiger partial charge in [-0.1, -0.05) is 13.0 Å². The van der Waals surface area contributed by atoms with Crippen molar-refractivity contribution in [3.05, 3.63) is 35.7 Å². The maximum atomic E-state index is 13.0. The van der Waals surface area contributed by atoms with E-state index in [0.717, 1.165) is 5.57 Å². The zero-order valence-electron chi connectivity index (χ0n) is 23.4. The van der Waals surface area contributed by atoms with Crippen LogP contribution >= 0.6 is 0 Å². The first kappa shape index (κ1) is 29.2. The first-order valence-corrected chi connectivity index (χ1v) is 14.1. The molecule has 1 aromatic rings. The molecule has 12 atom stereocenters. The summed E-state index contributed by atoms with van der Waals surface area (Å²) in [7, 11) is 2.99. The number of aliphatic hydroxyl groups is 3. The molecule has 2 aliphatic carbocycles. The molecule has 2 saturated carbocycles. The van der Waals surface area contributed by atoms with E-state index in [1.807, 2.05) is 19.9 Å². The summed E-state index contributed by atoms with van der Waals surface area (Å²) in [5.74, 6) is -3.13. The number of aromatic nitrogens is 1. The highest BCUT2D eigenvalue weighted by Gasteiger charge is 2.70.